The lowest BCUT2D eigenvalue weighted by atomic mass is 9.76. The Morgan fingerprint density at radius 3 is 2.85 bits per heavy atom. The molecule has 0 unspecified atom stereocenters. The number of nitrogens with one attached hydrogen (secondary N) is 1. The summed E-state index contributed by atoms with van der Waals surface area (Å²) in [5.41, 5.74) is 2.64. The summed E-state index contributed by atoms with van der Waals surface area (Å²) in [6.45, 7) is 0. The maximum absolute atomic E-state index is 12.5. The fraction of sp³-hybridized carbons (Fsp3) is 0.350. The first-order valence-electron chi connectivity index (χ1n) is 9.00. The Morgan fingerprint density at radius 2 is 2.12 bits per heavy atom. The fourth-order valence-electron chi connectivity index (χ4n) is 3.49. The summed E-state index contributed by atoms with van der Waals surface area (Å²) in [5, 5.41) is 12.7. The molecule has 1 aliphatic carbocycles. The van der Waals surface area contributed by atoms with Crippen LogP contribution in [0.4, 0.5) is 0 Å². The number of aliphatic hydroxyl groups is 1. The van der Waals surface area contributed by atoms with Crippen LogP contribution in [0.3, 0.4) is 0 Å². The van der Waals surface area contributed by atoms with Crippen LogP contribution in [0.15, 0.2) is 55.0 Å². The van der Waals surface area contributed by atoms with E-state index in [4.69, 9.17) is 0 Å². The molecule has 2 N–H and O–H groups in total. The standard InChI is InChI=1S/C20H22N4O2/c25-16-11-14(12-16)20(17-5-1-3-9-21-17)23-19(26)8-7-15-13-24-10-4-2-6-18(24)22-15/h1-6,9-10,13-14,16,20,25H,7-8,11-12H2,(H,23,26)/t14?,16?,20-/m1/s1. The number of carbonyl (C=O) groups is 1. The lowest BCUT2D eigenvalue weighted by Gasteiger charge is -2.37. The molecule has 134 valence electrons. The van der Waals surface area contributed by atoms with Gasteiger partial charge < -0.3 is 14.8 Å². The summed E-state index contributed by atoms with van der Waals surface area (Å²) in [5.74, 6) is 0.221. The third-order valence-electron chi connectivity index (χ3n) is 4.97. The predicted molar refractivity (Wildman–Crippen MR) is 97.4 cm³/mol. The monoisotopic (exact) mass is 350 g/mol. The first-order valence-corrected chi connectivity index (χ1v) is 9.00. The molecule has 0 radical (unpaired) electrons. The van der Waals surface area contributed by atoms with Gasteiger partial charge in [0, 0.05) is 25.0 Å². The van der Waals surface area contributed by atoms with Crippen LogP contribution in [-0.2, 0) is 11.2 Å². The molecule has 1 saturated carbocycles. The highest BCUT2D eigenvalue weighted by molar-refractivity contribution is 5.76. The molecule has 0 saturated heterocycles. The Kier molecular flexibility index (Phi) is 4.67. The van der Waals surface area contributed by atoms with Crippen LogP contribution in [0.25, 0.3) is 5.65 Å². The molecule has 0 bridgehead atoms. The molecule has 0 aliphatic heterocycles. The number of pyridine rings is 2. The largest absolute Gasteiger partial charge is 0.393 e. The summed E-state index contributed by atoms with van der Waals surface area (Å²) < 4.78 is 1.96. The zero-order chi connectivity index (χ0) is 17.9. The molecule has 3 heterocycles. The molecule has 0 aromatic carbocycles. The zero-order valence-corrected chi connectivity index (χ0v) is 14.5. The van der Waals surface area contributed by atoms with Gasteiger partial charge in [-0.05, 0) is 49.4 Å². The van der Waals surface area contributed by atoms with Gasteiger partial charge >= 0.3 is 0 Å². The van der Waals surface area contributed by atoms with Gasteiger partial charge in [-0.3, -0.25) is 9.78 Å². The van der Waals surface area contributed by atoms with Crippen molar-refractivity contribution >= 4 is 11.6 Å². The number of aromatic nitrogens is 3. The van der Waals surface area contributed by atoms with Gasteiger partial charge in [0.2, 0.25) is 5.91 Å². The van der Waals surface area contributed by atoms with Crippen LogP contribution in [0.5, 0.6) is 0 Å². The van der Waals surface area contributed by atoms with Crippen LogP contribution >= 0.6 is 0 Å². The highest BCUT2D eigenvalue weighted by Crippen LogP contribution is 2.37. The number of amides is 1. The molecule has 1 fully saturated rings. The van der Waals surface area contributed by atoms with Crippen molar-refractivity contribution in [2.45, 2.75) is 37.8 Å². The van der Waals surface area contributed by atoms with Crippen molar-refractivity contribution in [2.75, 3.05) is 0 Å². The number of hydrogen-bond donors (Lipinski definition) is 2. The molecular weight excluding hydrogens is 328 g/mol. The topological polar surface area (TPSA) is 79.5 Å². The van der Waals surface area contributed by atoms with Gasteiger partial charge in [0.1, 0.15) is 5.65 Å². The van der Waals surface area contributed by atoms with Crippen molar-refractivity contribution in [1.82, 2.24) is 19.7 Å². The molecule has 3 aromatic rings. The summed E-state index contributed by atoms with van der Waals surface area (Å²) in [4.78, 5) is 21.4. The van der Waals surface area contributed by atoms with Crippen molar-refractivity contribution in [3.63, 3.8) is 0 Å². The second-order valence-corrected chi connectivity index (χ2v) is 6.88. The van der Waals surface area contributed by atoms with Crippen LogP contribution in [0, 0.1) is 5.92 Å². The van der Waals surface area contributed by atoms with Gasteiger partial charge in [0.25, 0.3) is 0 Å². The Hall–Kier alpha value is -2.73. The molecule has 6 heteroatoms. The van der Waals surface area contributed by atoms with E-state index >= 15 is 0 Å². The maximum atomic E-state index is 12.5. The second kappa shape index (κ2) is 7.25. The van der Waals surface area contributed by atoms with Gasteiger partial charge in [-0.25, -0.2) is 4.98 Å². The van der Waals surface area contributed by atoms with Gasteiger partial charge in [0.15, 0.2) is 0 Å². The van der Waals surface area contributed by atoms with Crippen molar-refractivity contribution in [3.05, 3.63) is 66.4 Å². The van der Waals surface area contributed by atoms with Crippen molar-refractivity contribution in [3.8, 4) is 0 Å². The smallest absolute Gasteiger partial charge is 0.220 e. The van der Waals surface area contributed by atoms with E-state index in [1.807, 2.05) is 53.2 Å². The van der Waals surface area contributed by atoms with E-state index in [1.165, 1.54) is 0 Å². The highest BCUT2D eigenvalue weighted by atomic mass is 16.3. The normalized spacial score (nSPS) is 20.5. The van der Waals surface area contributed by atoms with E-state index in [-0.39, 0.29) is 24.0 Å². The summed E-state index contributed by atoms with van der Waals surface area (Å²) in [7, 11) is 0. The van der Waals surface area contributed by atoms with Gasteiger partial charge in [0.05, 0.1) is 23.5 Å². The number of nitrogens with zero attached hydrogens (tertiary/aromatic N) is 3. The number of carbonyl (C=O) groups excluding carboxylic acids is 1. The summed E-state index contributed by atoms with van der Waals surface area (Å²) in [6.07, 6.45) is 7.76. The number of imidazole rings is 1. The minimum Gasteiger partial charge on any atom is -0.393 e. The van der Waals surface area contributed by atoms with E-state index in [2.05, 4.69) is 15.3 Å². The van der Waals surface area contributed by atoms with Crippen LogP contribution in [-0.4, -0.2) is 31.5 Å². The third kappa shape index (κ3) is 3.60. The van der Waals surface area contributed by atoms with E-state index in [0.717, 1.165) is 17.0 Å². The van der Waals surface area contributed by atoms with Crippen LogP contribution in [0.2, 0.25) is 0 Å². The summed E-state index contributed by atoms with van der Waals surface area (Å²) in [6, 6.07) is 11.4. The first-order chi connectivity index (χ1) is 12.7. The molecule has 1 aliphatic rings. The third-order valence-corrected chi connectivity index (χ3v) is 4.97. The number of aliphatic hydroxyl groups excluding tert-OH is 1. The molecule has 0 spiro atoms. The molecule has 1 atom stereocenters. The Labute approximate surface area is 151 Å². The molecular formula is C20H22N4O2. The molecule has 1 amide bonds. The van der Waals surface area contributed by atoms with E-state index in [0.29, 0.717) is 25.7 Å². The van der Waals surface area contributed by atoms with Crippen molar-refractivity contribution in [1.29, 1.82) is 0 Å². The molecule has 6 nitrogen and oxygen atoms in total. The highest BCUT2D eigenvalue weighted by Gasteiger charge is 2.36. The van der Waals surface area contributed by atoms with E-state index in [1.54, 1.807) is 6.20 Å². The molecule has 3 aromatic heterocycles. The fourth-order valence-corrected chi connectivity index (χ4v) is 3.49. The van der Waals surface area contributed by atoms with Crippen molar-refractivity contribution in [2.24, 2.45) is 5.92 Å². The molecule has 4 rings (SSSR count). The quantitative estimate of drug-likeness (QED) is 0.715. The number of rotatable bonds is 6. The van der Waals surface area contributed by atoms with E-state index in [9.17, 15) is 9.90 Å². The van der Waals surface area contributed by atoms with Gasteiger partial charge in [-0.1, -0.05) is 12.1 Å². The first kappa shape index (κ1) is 16.7. The van der Waals surface area contributed by atoms with Gasteiger partial charge in [-0.15, -0.1) is 0 Å². The minimum absolute atomic E-state index is 0.0147. The summed E-state index contributed by atoms with van der Waals surface area (Å²) >= 11 is 0. The number of aryl methyl sites for hydroxylation is 1. The van der Waals surface area contributed by atoms with Crippen LogP contribution in [0.1, 0.15) is 36.7 Å². The molecule has 26 heavy (non-hydrogen) atoms. The van der Waals surface area contributed by atoms with Gasteiger partial charge in [-0.2, -0.15) is 0 Å². The SMILES string of the molecule is O=C(CCc1cn2ccccc2n1)N[C@@H](c1ccccn1)C1CC(O)C1. The Balaban J connectivity index is 1.40. The lowest BCUT2D eigenvalue weighted by Crippen LogP contribution is -2.41. The average Bonchev–Trinajstić information content (AvgIpc) is 3.06. The Bertz CT molecular complexity index is 854. The Morgan fingerprint density at radius 1 is 1.27 bits per heavy atom. The zero-order valence-electron chi connectivity index (χ0n) is 14.5. The van der Waals surface area contributed by atoms with E-state index < -0.39 is 0 Å². The van der Waals surface area contributed by atoms with Crippen LogP contribution < -0.4 is 5.32 Å². The number of fused-ring (bicyclic) bond motifs is 1. The lowest BCUT2D eigenvalue weighted by molar-refractivity contribution is -0.123. The minimum atomic E-state index is -0.263. The number of hydrogen-bond acceptors (Lipinski definition) is 4. The maximum Gasteiger partial charge on any atom is 0.220 e. The predicted octanol–water partition coefficient (Wildman–Crippen LogP) is 2.29. The van der Waals surface area contributed by atoms with Crippen molar-refractivity contribution < 1.29 is 9.90 Å². The average molecular weight is 350 g/mol. The second-order valence-electron chi connectivity index (χ2n) is 6.88.